The molecule has 0 radical (unpaired) electrons. The fourth-order valence-electron chi connectivity index (χ4n) is 5.40. The maximum absolute atomic E-state index is 12.6. The largest absolute Gasteiger partial charge is 0.493 e. The maximum Gasteiger partial charge on any atom is 0.223 e. The second-order valence-electron chi connectivity index (χ2n) is 7.29. The molecule has 1 aliphatic carbocycles. The van der Waals surface area contributed by atoms with Crippen LogP contribution in [-0.2, 0) is 21.5 Å². The number of hydrogen-bond acceptors (Lipinski definition) is 4. The Morgan fingerprint density at radius 2 is 1.96 bits per heavy atom. The summed E-state index contributed by atoms with van der Waals surface area (Å²) in [6, 6.07) is 4.07. The van der Waals surface area contributed by atoms with Crippen molar-refractivity contribution in [2.24, 2.45) is 17.8 Å². The van der Waals surface area contributed by atoms with Gasteiger partial charge < -0.3 is 19.2 Å². The molecule has 0 aromatic heterocycles. The Kier molecular flexibility index (Phi) is 3.37. The van der Waals surface area contributed by atoms with Crippen LogP contribution in [0.3, 0.4) is 0 Å². The first-order valence-corrected chi connectivity index (χ1v) is 8.58. The van der Waals surface area contributed by atoms with E-state index in [-0.39, 0.29) is 29.2 Å². The van der Waals surface area contributed by atoms with Crippen LogP contribution in [0.25, 0.3) is 0 Å². The van der Waals surface area contributed by atoms with Gasteiger partial charge in [-0.2, -0.15) is 0 Å². The molecule has 24 heavy (non-hydrogen) atoms. The van der Waals surface area contributed by atoms with Gasteiger partial charge in [0.25, 0.3) is 0 Å². The predicted octanol–water partition coefficient (Wildman–Crippen LogP) is 2.16. The Hall–Kier alpha value is -2.04. The van der Waals surface area contributed by atoms with E-state index in [0.717, 1.165) is 37.0 Å². The number of hydrogen-bond donors (Lipinski definition) is 0. The molecule has 1 aromatic rings. The van der Waals surface area contributed by atoms with Crippen molar-refractivity contribution in [2.45, 2.75) is 31.7 Å². The standard InChI is InChI=1S/C19H23NO4/c1-11-9-19-14-7-17(24-3)16(23-2)6-12(14)4-5-20(19)18(22)8-15(19)13(11)10-21/h6-7,10-11,13,15H,4-5,8-9H2,1-3H3/t11-,13+,15-,19-/m0/s1. The zero-order chi connectivity index (χ0) is 17.1. The van der Waals surface area contributed by atoms with E-state index in [1.807, 2.05) is 17.0 Å². The third kappa shape index (κ3) is 1.75. The molecule has 2 fully saturated rings. The average Bonchev–Trinajstić information content (AvgIpc) is 3.01. The summed E-state index contributed by atoms with van der Waals surface area (Å²) in [5, 5.41) is 0. The van der Waals surface area contributed by atoms with Gasteiger partial charge in [-0.05, 0) is 42.0 Å². The van der Waals surface area contributed by atoms with Crippen molar-refractivity contribution in [2.75, 3.05) is 20.8 Å². The third-order valence-electron chi connectivity index (χ3n) is 6.38. The van der Waals surface area contributed by atoms with Gasteiger partial charge in [-0.3, -0.25) is 4.79 Å². The molecule has 4 atom stereocenters. The van der Waals surface area contributed by atoms with Gasteiger partial charge in [0.1, 0.15) is 6.29 Å². The van der Waals surface area contributed by atoms with E-state index in [4.69, 9.17) is 9.47 Å². The molecule has 1 spiro atoms. The summed E-state index contributed by atoms with van der Waals surface area (Å²) < 4.78 is 11.0. The van der Waals surface area contributed by atoms with Crippen molar-refractivity contribution >= 4 is 12.2 Å². The Labute approximate surface area is 141 Å². The van der Waals surface area contributed by atoms with Gasteiger partial charge in [-0.15, -0.1) is 0 Å². The van der Waals surface area contributed by atoms with Crippen LogP contribution in [0.5, 0.6) is 11.5 Å². The predicted molar refractivity (Wildman–Crippen MR) is 88.1 cm³/mol. The molecular formula is C19H23NO4. The van der Waals surface area contributed by atoms with E-state index in [1.54, 1.807) is 14.2 Å². The number of methoxy groups -OCH3 is 2. The van der Waals surface area contributed by atoms with Gasteiger partial charge in [0, 0.05) is 24.8 Å². The number of fused-ring (bicyclic) bond motifs is 1. The Morgan fingerprint density at radius 3 is 2.62 bits per heavy atom. The quantitative estimate of drug-likeness (QED) is 0.798. The smallest absolute Gasteiger partial charge is 0.223 e. The molecule has 1 amide bonds. The third-order valence-corrected chi connectivity index (χ3v) is 6.38. The van der Waals surface area contributed by atoms with Crippen LogP contribution in [0.2, 0.25) is 0 Å². The minimum atomic E-state index is -0.352. The second kappa shape index (κ2) is 5.23. The first-order valence-electron chi connectivity index (χ1n) is 8.58. The van der Waals surface area contributed by atoms with Crippen molar-refractivity contribution in [1.82, 2.24) is 4.90 Å². The van der Waals surface area contributed by atoms with Crippen molar-refractivity contribution in [3.8, 4) is 11.5 Å². The maximum atomic E-state index is 12.6. The summed E-state index contributed by atoms with van der Waals surface area (Å²) in [5.41, 5.74) is 2.01. The molecule has 1 saturated carbocycles. The number of ether oxygens (including phenoxy) is 2. The molecule has 3 aliphatic rings. The first-order chi connectivity index (χ1) is 11.6. The van der Waals surface area contributed by atoms with Crippen LogP contribution in [-0.4, -0.2) is 37.9 Å². The summed E-state index contributed by atoms with van der Waals surface area (Å²) in [6.45, 7) is 2.85. The van der Waals surface area contributed by atoms with Crippen molar-refractivity contribution < 1.29 is 19.1 Å². The number of aldehydes is 1. The minimum Gasteiger partial charge on any atom is -0.493 e. The van der Waals surface area contributed by atoms with E-state index >= 15 is 0 Å². The van der Waals surface area contributed by atoms with Crippen LogP contribution in [0.4, 0.5) is 0 Å². The number of rotatable bonds is 3. The van der Waals surface area contributed by atoms with Gasteiger partial charge in [-0.1, -0.05) is 6.92 Å². The molecule has 5 nitrogen and oxygen atoms in total. The highest BCUT2D eigenvalue weighted by Crippen LogP contribution is 2.61. The van der Waals surface area contributed by atoms with E-state index in [2.05, 4.69) is 6.92 Å². The molecule has 128 valence electrons. The summed E-state index contributed by atoms with van der Waals surface area (Å²) in [7, 11) is 3.27. The summed E-state index contributed by atoms with van der Waals surface area (Å²) >= 11 is 0. The molecule has 0 bridgehead atoms. The zero-order valence-corrected chi connectivity index (χ0v) is 14.4. The lowest BCUT2D eigenvalue weighted by atomic mass is 9.74. The van der Waals surface area contributed by atoms with Crippen LogP contribution < -0.4 is 9.47 Å². The Balaban J connectivity index is 1.93. The molecule has 1 aromatic carbocycles. The van der Waals surface area contributed by atoms with Gasteiger partial charge in [0.15, 0.2) is 11.5 Å². The van der Waals surface area contributed by atoms with Crippen LogP contribution >= 0.6 is 0 Å². The zero-order valence-electron chi connectivity index (χ0n) is 14.4. The summed E-state index contributed by atoms with van der Waals surface area (Å²) in [6.07, 6.45) is 3.20. The molecular weight excluding hydrogens is 306 g/mol. The molecule has 5 heteroatoms. The topological polar surface area (TPSA) is 55.8 Å². The fraction of sp³-hybridized carbons (Fsp3) is 0.579. The minimum absolute atomic E-state index is 0.0574. The van der Waals surface area contributed by atoms with Gasteiger partial charge in [0.2, 0.25) is 5.91 Å². The number of nitrogens with zero attached hydrogens (tertiary/aromatic N) is 1. The Bertz CT molecular complexity index is 716. The Morgan fingerprint density at radius 1 is 1.25 bits per heavy atom. The molecule has 0 unspecified atom stereocenters. The number of amides is 1. The van der Waals surface area contributed by atoms with Gasteiger partial charge >= 0.3 is 0 Å². The highest BCUT2D eigenvalue weighted by molar-refractivity contribution is 5.83. The highest BCUT2D eigenvalue weighted by atomic mass is 16.5. The molecule has 2 heterocycles. The lowest BCUT2D eigenvalue weighted by Gasteiger charge is -2.44. The lowest BCUT2D eigenvalue weighted by Crippen LogP contribution is -2.49. The lowest BCUT2D eigenvalue weighted by molar-refractivity contribution is -0.132. The second-order valence-corrected chi connectivity index (χ2v) is 7.29. The number of carbonyl (C=O) groups excluding carboxylic acids is 2. The first kappa shape index (κ1) is 15.5. The molecule has 2 aliphatic heterocycles. The van der Waals surface area contributed by atoms with E-state index in [1.165, 1.54) is 5.56 Å². The summed E-state index contributed by atoms with van der Waals surface area (Å²) in [4.78, 5) is 26.4. The molecule has 0 N–H and O–H groups in total. The van der Waals surface area contributed by atoms with Gasteiger partial charge in [0.05, 0.1) is 19.8 Å². The van der Waals surface area contributed by atoms with Crippen molar-refractivity contribution in [3.05, 3.63) is 23.3 Å². The normalized spacial score (nSPS) is 33.7. The van der Waals surface area contributed by atoms with E-state index < -0.39 is 0 Å². The highest BCUT2D eigenvalue weighted by Gasteiger charge is 2.63. The van der Waals surface area contributed by atoms with Crippen molar-refractivity contribution in [3.63, 3.8) is 0 Å². The number of carbonyl (C=O) groups is 2. The summed E-state index contributed by atoms with van der Waals surface area (Å²) in [5.74, 6) is 1.88. The van der Waals surface area contributed by atoms with E-state index in [0.29, 0.717) is 12.2 Å². The molecule has 1 saturated heterocycles. The SMILES string of the molecule is COc1cc2c(cc1OC)[C@@]13C[C@H](C)[C@@H](C=O)[C@@H]1CC(=O)N3CC2. The number of benzene rings is 1. The van der Waals surface area contributed by atoms with Crippen LogP contribution in [0.15, 0.2) is 12.1 Å². The monoisotopic (exact) mass is 329 g/mol. The van der Waals surface area contributed by atoms with E-state index in [9.17, 15) is 9.59 Å². The van der Waals surface area contributed by atoms with Crippen molar-refractivity contribution in [1.29, 1.82) is 0 Å². The van der Waals surface area contributed by atoms with Crippen LogP contribution in [0.1, 0.15) is 30.9 Å². The molecule has 4 rings (SSSR count). The van der Waals surface area contributed by atoms with Crippen LogP contribution in [0, 0.1) is 17.8 Å². The fourth-order valence-corrected chi connectivity index (χ4v) is 5.40. The van der Waals surface area contributed by atoms with Gasteiger partial charge in [-0.25, -0.2) is 0 Å². The average molecular weight is 329 g/mol.